The molecule has 7 heteroatoms. The molecule has 0 atom stereocenters. The van der Waals surface area contributed by atoms with Crippen molar-refractivity contribution in [2.75, 3.05) is 5.32 Å². The van der Waals surface area contributed by atoms with Gasteiger partial charge in [0, 0.05) is 12.1 Å². The second-order valence-corrected chi connectivity index (χ2v) is 4.01. The Labute approximate surface area is 110 Å². The predicted molar refractivity (Wildman–Crippen MR) is 67.3 cm³/mol. The molecule has 19 heavy (non-hydrogen) atoms. The second-order valence-electron chi connectivity index (χ2n) is 4.01. The van der Waals surface area contributed by atoms with Gasteiger partial charge in [0.2, 0.25) is 5.75 Å². The molecule has 1 aromatic carbocycles. The maximum atomic E-state index is 13.5. The Bertz CT molecular complexity index is 450. The van der Waals surface area contributed by atoms with Gasteiger partial charge in [-0.15, -0.1) is 0 Å². The zero-order valence-corrected chi connectivity index (χ0v) is 10.8. The Balaban J connectivity index is 3.16. The topological polar surface area (TPSA) is 93.8 Å². The van der Waals surface area contributed by atoms with Crippen molar-refractivity contribution in [3.8, 4) is 5.75 Å². The van der Waals surface area contributed by atoms with Gasteiger partial charge >= 0.3 is 0 Å². The van der Waals surface area contributed by atoms with Crippen molar-refractivity contribution in [1.82, 2.24) is 0 Å². The van der Waals surface area contributed by atoms with Crippen LogP contribution in [-0.4, -0.2) is 17.2 Å². The SMILES string of the molecule is CCC(CC)Nc1cc(OOO)c(F)cc1C(N)=O. The fourth-order valence-corrected chi connectivity index (χ4v) is 1.69. The molecule has 0 saturated carbocycles. The van der Waals surface area contributed by atoms with Gasteiger partial charge in [-0.05, 0) is 23.9 Å². The van der Waals surface area contributed by atoms with E-state index in [-0.39, 0.29) is 17.4 Å². The molecule has 6 nitrogen and oxygen atoms in total. The molecule has 0 saturated heterocycles. The first-order chi connectivity index (χ1) is 9.03. The summed E-state index contributed by atoms with van der Waals surface area (Å²) in [5.74, 6) is -1.97. The maximum absolute atomic E-state index is 13.5. The molecule has 0 spiro atoms. The Hall–Kier alpha value is -1.86. The van der Waals surface area contributed by atoms with Crippen molar-refractivity contribution in [3.05, 3.63) is 23.5 Å². The highest BCUT2D eigenvalue weighted by molar-refractivity contribution is 5.98. The summed E-state index contributed by atoms with van der Waals surface area (Å²) in [5, 5.41) is 14.7. The third-order valence-corrected chi connectivity index (χ3v) is 2.81. The van der Waals surface area contributed by atoms with Gasteiger partial charge in [0.25, 0.3) is 5.91 Å². The van der Waals surface area contributed by atoms with Crippen molar-refractivity contribution in [2.24, 2.45) is 5.73 Å². The van der Waals surface area contributed by atoms with Crippen LogP contribution in [0.4, 0.5) is 10.1 Å². The highest BCUT2D eigenvalue weighted by atomic mass is 19.1. The monoisotopic (exact) mass is 272 g/mol. The Morgan fingerprint density at radius 3 is 2.58 bits per heavy atom. The minimum Gasteiger partial charge on any atom is -0.382 e. The van der Waals surface area contributed by atoms with Gasteiger partial charge in [-0.3, -0.25) is 4.79 Å². The number of benzene rings is 1. The molecule has 106 valence electrons. The first-order valence-corrected chi connectivity index (χ1v) is 5.91. The number of hydrogen-bond donors (Lipinski definition) is 3. The van der Waals surface area contributed by atoms with Crippen LogP contribution >= 0.6 is 0 Å². The summed E-state index contributed by atoms with van der Waals surface area (Å²) >= 11 is 0. The van der Waals surface area contributed by atoms with Crippen molar-refractivity contribution in [2.45, 2.75) is 32.7 Å². The van der Waals surface area contributed by atoms with Crippen LogP contribution in [0.1, 0.15) is 37.0 Å². The van der Waals surface area contributed by atoms with E-state index >= 15 is 0 Å². The summed E-state index contributed by atoms with van der Waals surface area (Å²) in [5.41, 5.74) is 5.54. The van der Waals surface area contributed by atoms with E-state index in [1.54, 1.807) is 0 Å². The molecule has 0 aliphatic carbocycles. The second kappa shape index (κ2) is 6.91. The molecule has 0 fully saturated rings. The number of rotatable bonds is 7. The molecule has 0 bridgehead atoms. The lowest BCUT2D eigenvalue weighted by Crippen LogP contribution is -2.21. The van der Waals surface area contributed by atoms with Gasteiger partial charge in [-0.1, -0.05) is 13.8 Å². The first-order valence-electron chi connectivity index (χ1n) is 5.91. The van der Waals surface area contributed by atoms with Gasteiger partial charge in [0.05, 0.1) is 11.3 Å². The van der Waals surface area contributed by atoms with E-state index in [2.05, 4.69) is 15.2 Å². The van der Waals surface area contributed by atoms with E-state index in [0.29, 0.717) is 5.69 Å². The zero-order chi connectivity index (χ0) is 14.4. The lowest BCUT2D eigenvalue weighted by atomic mass is 10.1. The van der Waals surface area contributed by atoms with Crippen LogP contribution in [0.5, 0.6) is 5.75 Å². The molecule has 1 amide bonds. The van der Waals surface area contributed by atoms with Crippen molar-refractivity contribution in [3.63, 3.8) is 0 Å². The van der Waals surface area contributed by atoms with Crippen molar-refractivity contribution in [1.29, 1.82) is 0 Å². The van der Waals surface area contributed by atoms with Crippen LogP contribution < -0.4 is 15.9 Å². The largest absolute Gasteiger partial charge is 0.382 e. The Kier molecular flexibility index (Phi) is 5.53. The van der Waals surface area contributed by atoms with E-state index < -0.39 is 11.7 Å². The Morgan fingerprint density at radius 1 is 1.47 bits per heavy atom. The van der Waals surface area contributed by atoms with Crippen LogP contribution in [-0.2, 0) is 5.04 Å². The van der Waals surface area contributed by atoms with Crippen LogP contribution in [0.25, 0.3) is 0 Å². The fraction of sp³-hybridized carbons (Fsp3) is 0.417. The van der Waals surface area contributed by atoms with Crippen LogP contribution in [0.15, 0.2) is 12.1 Å². The Morgan fingerprint density at radius 2 is 2.11 bits per heavy atom. The number of primary amides is 1. The molecule has 0 radical (unpaired) electrons. The van der Waals surface area contributed by atoms with Crippen molar-refractivity contribution < 1.29 is 24.4 Å². The molecule has 1 rings (SSSR count). The van der Waals surface area contributed by atoms with Crippen molar-refractivity contribution >= 4 is 11.6 Å². The molecule has 4 N–H and O–H groups in total. The molecule has 1 aromatic rings. The highest BCUT2D eigenvalue weighted by Gasteiger charge is 2.17. The average Bonchev–Trinajstić information content (AvgIpc) is 2.38. The van der Waals surface area contributed by atoms with Crippen LogP contribution in [0, 0.1) is 5.82 Å². The summed E-state index contributed by atoms with van der Waals surface area (Å²) < 4.78 is 13.5. The molecule has 0 aromatic heterocycles. The standard InChI is InChI=1S/C12H17FN2O4/c1-3-7(4-2)15-10-6-11(18-19-17)9(13)5-8(10)12(14)16/h5-7,15,17H,3-4H2,1-2H3,(H2,14,16). The first kappa shape index (κ1) is 15.2. The minimum absolute atomic E-state index is 0.00897. The third kappa shape index (κ3) is 3.80. The molecule has 0 unspecified atom stereocenters. The lowest BCUT2D eigenvalue weighted by molar-refractivity contribution is -0.439. The van der Waals surface area contributed by atoms with E-state index in [1.807, 2.05) is 13.8 Å². The van der Waals surface area contributed by atoms with Crippen LogP contribution in [0.2, 0.25) is 0 Å². The maximum Gasteiger partial charge on any atom is 0.250 e. The van der Waals surface area contributed by atoms with Gasteiger partial charge < -0.3 is 15.9 Å². The third-order valence-electron chi connectivity index (χ3n) is 2.81. The zero-order valence-electron chi connectivity index (χ0n) is 10.8. The summed E-state index contributed by atoms with van der Waals surface area (Å²) in [4.78, 5) is 15.5. The number of anilines is 1. The number of halogens is 1. The summed E-state index contributed by atoms with van der Waals surface area (Å²) in [6.07, 6.45) is 1.64. The summed E-state index contributed by atoms with van der Waals surface area (Å²) in [6, 6.07) is 2.25. The van der Waals surface area contributed by atoms with Gasteiger partial charge in [0.1, 0.15) is 0 Å². The molecule has 0 aliphatic heterocycles. The van der Waals surface area contributed by atoms with Gasteiger partial charge in [-0.2, -0.15) is 0 Å². The summed E-state index contributed by atoms with van der Waals surface area (Å²) in [6.45, 7) is 3.95. The van der Waals surface area contributed by atoms with Gasteiger partial charge in [-0.25, -0.2) is 9.65 Å². The molecular weight excluding hydrogens is 255 g/mol. The molecule has 0 aliphatic rings. The minimum atomic E-state index is -0.863. The number of carbonyl (C=O) groups excluding carboxylic acids is 1. The normalized spacial score (nSPS) is 10.6. The predicted octanol–water partition coefficient (Wildman–Crippen LogP) is 2.31. The van der Waals surface area contributed by atoms with Gasteiger partial charge in [0.15, 0.2) is 5.82 Å². The lowest BCUT2D eigenvalue weighted by Gasteiger charge is -2.18. The van der Waals surface area contributed by atoms with Crippen LogP contribution in [0.3, 0.4) is 0 Å². The number of nitrogens with one attached hydrogen (secondary N) is 1. The highest BCUT2D eigenvalue weighted by Crippen LogP contribution is 2.27. The molecule has 0 heterocycles. The average molecular weight is 272 g/mol. The van der Waals surface area contributed by atoms with E-state index in [9.17, 15) is 9.18 Å². The fourth-order valence-electron chi connectivity index (χ4n) is 1.69. The van der Waals surface area contributed by atoms with E-state index in [1.165, 1.54) is 6.07 Å². The van der Waals surface area contributed by atoms with E-state index in [4.69, 9.17) is 11.0 Å². The quantitative estimate of drug-likeness (QED) is 0.523. The summed E-state index contributed by atoms with van der Waals surface area (Å²) in [7, 11) is 0. The molecular formula is C12H17FN2O4. The number of hydrogen-bond acceptors (Lipinski definition) is 5. The smallest absolute Gasteiger partial charge is 0.250 e. The number of amides is 1. The number of carbonyl (C=O) groups is 1. The number of nitrogens with two attached hydrogens (primary N) is 1. The van der Waals surface area contributed by atoms with E-state index in [0.717, 1.165) is 18.9 Å².